The normalized spacial score (nSPS) is 13.5. The van der Waals surface area contributed by atoms with Crippen LogP contribution in [0.1, 0.15) is 24.0 Å². The van der Waals surface area contributed by atoms with E-state index < -0.39 is 0 Å². The largest absolute Gasteiger partial charge is 0.497 e. The molecule has 0 bridgehead atoms. The zero-order chi connectivity index (χ0) is 20.1. The number of amides is 1. The Hall–Kier alpha value is -3.35. The molecule has 4 rings (SSSR count). The van der Waals surface area contributed by atoms with Gasteiger partial charge in [-0.05, 0) is 42.2 Å². The van der Waals surface area contributed by atoms with Gasteiger partial charge in [0, 0.05) is 31.5 Å². The molecule has 0 spiro atoms. The lowest BCUT2D eigenvalue weighted by Gasteiger charge is -2.16. The second kappa shape index (κ2) is 8.77. The monoisotopic (exact) mass is 391 g/mol. The second-order valence-corrected chi connectivity index (χ2v) is 7.19. The van der Waals surface area contributed by atoms with Gasteiger partial charge in [-0.25, -0.2) is 4.98 Å². The first-order valence-corrected chi connectivity index (χ1v) is 9.86. The molecule has 1 amide bonds. The van der Waals surface area contributed by atoms with Crippen LogP contribution in [0.3, 0.4) is 0 Å². The van der Waals surface area contributed by atoms with Gasteiger partial charge in [0.1, 0.15) is 11.6 Å². The quantitative estimate of drug-likeness (QED) is 0.670. The lowest BCUT2D eigenvalue weighted by Crippen LogP contribution is -2.19. The number of ether oxygens (including phenoxy) is 1. The van der Waals surface area contributed by atoms with E-state index in [1.165, 1.54) is 12.8 Å². The topological polar surface area (TPSA) is 72.3 Å². The number of carbonyl (C=O) groups is 1. The average molecular weight is 391 g/mol. The van der Waals surface area contributed by atoms with Crippen molar-refractivity contribution in [1.29, 1.82) is 0 Å². The lowest BCUT2D eigenvalue weighted by molar-refractivity contribution is -0.115. The Balaban J connectivity index is 1.30. The van der Waals surface area contributed by atoms with Crippen molar-refractivity contribution in [3.8, 4) is 5.75 Å². The molecule has 2 aromatic heterocycles. The molecule has 150 valence electrons. The van der Waals surface area contributed by atoms with Gasteiger partial charge in [-0.2, -0.15) is 5.10 Å². The van der Waals surface area contributed by atoms with Crippen LogP contribution in [-0.4, -0.2) is 40.9 Å². The highest BCUT2D eigenvalue weighted by Gasteiger charge is 2.13. The van der Waals surface area contributed by atoms with Gasteiger partial charge in [-0.3, -0.25) is 9.48 Å². The zero-order valence-electron chi connectivity index (χ0n) is 16.5. The summed E-state index contributed by atoms with van der Waals surface area (Å²) in [6, 6.07) is 13.6. The predicted molar refractivity (Wildman–Crippen MR) is 112 cm³/mol. The van der Waals surface area contributed by atoms with Crippen LogP contribution in [0, 0.1) is 0 Å². The number of hydrogen-bond acceptors (Lipinski definition) is 5. The number of anilines is 2. The van der Waals surface area contributed by atoms with Gasteiger partial charge in [-0.1, -0.05) is 18.2 Å². The van der Waals surface area contributed by atoms with E-state index in [0.717, 1.165) is 35.8 Å². The van der Waals surface area contributed by atoms with Crippen molar-refractivity contribution >= 4 is 17.5 Å². The Morgan fingerprint density at radius 1 is 1.07 bits per heavy atom. The van der Waals surface area contributed by atoms with Crippen molar-refractivity contribution in [2.24, 2.45) is 0 Å². The third-order valence-corrected chi connectivity index (χ3v) is 5.02. The number of carbonyl (C=O) groups excluding carboxylic acids is 1. The number of nitrogens with one attached hydrogen (secondary N) is 1. The van der Waals surface area contributed by atoms with Gasteiger partial charge < -0.3 is 15.0 Å². The lowest BCUT2D eigenvalue weighted by atomic mass is 10.2. The molecule has 3 aromatic rings. The molecule has 7 nitrogen and oxygen atoms in total. The summed E-state index contributed by atoms with van der Waals surface area (Å²) in [5, 5.41) is 7.28. The highest BCUT2D eigenvalue weighted by molar-refractivity contribution is 5.91. The summed E-state index contributed by atoms with van der Waals surface area (Å²) in [5.74, 6) is 2.26. The zero-order valence-corrected chi connectivity index (χ0v) is 16.5. The summed E-state index contributed by atoms with van der Waals surface area (Å²) in [5.41, 5.74) is 2.00. The fourth-order valence-corrected chi connectivity index (χ4v) is 3.46. The molecule has 1 aliphatic rings. The van der Waals surface area contributed by atoms with Crippen molar-refractivity contribution in [2.45, 2.75) is 25.8 Å². The molecular weight excluding hydrogens is 366 g/mol. The van der Waals surface area contributed by atoms with Gasteiger partial charge in [-0.15, -0.1) is 0 Å². The number of hydrogen-bond donors (Lipinski definition) is 1. The molecule has 29 heavy (non-hydrogen) atoms. The van der Waals surface area contributed by atoms with Gasteiger partial charge in [0.2, 0.25) is 5.91 Å². The molecule has 0 aliphatic carbocycles. The number of nitrogens with zero attached hydrogens (tertiary/aromatic N) is 4. The highest BCUT2D eigenvalue weighted by Crippen LogP contribution is 2.18. The molecule has 0 radical (unpaired) electrons. The van der Waals surface area contributed by atoms with Crippen molar-refractivity contribution in [1.82, 2.24) is 14.8 Å². The fourth-order valence-electron chi connectivity index (χ4n) is 3.46. The summed E-state index contributed by atoms with van der Waals surface area (Å²) in [4.78, 5) is 19.1. The first-order valence-electron chi connectivity index (χ1n) is 9.86. The molecule has 1 saturated heterocycles. The third-order valence-electron chi connectivity index (χ3n) is 5.02. The van der Waals surface area contributed by atoms with Crippen LogP contribution in [0.5, 0.6) is 5.75 Å². The Morgan fingerprint density at radius 3 is 2.52 bits per heavy atom. The van der Waals surface area contributed by atoms with E-state index in [9.17, 15) is 4.79 Å². The van der Waals surface area contributed by atoms with Gasteiger partial charge >= 0.3 is 0 Å². The fraction of sp³-hybridized carbons (Fsp3) is 0.318. The number of aromatic nitrogens is 3. The van der Waals surface area contributed by atoms with Crippen LogP contribution in [-0.2, 0) is 17.8 Å². The Bertz CT molecular complexity index is 944. The van der Waals surface area contributed by atoms with Gasteiger partial charge in [0.15, 0.2) is 5.82 Å². The molecule has 0 saturated carbocycles. The SMILES string of the molecule is COc1ccc(Cn2ccc(NC(=O)Cc3ccc(N4CCCC4)nc3)n2)cc1. The van der Waals surface area contributed by atoms with Crippen molar-refractivity contribution < 1.29 is 9.53 Å². The minimum Gasteiger partial charge on any atom is -0.497 e. The molecule has 1 aliphatic heterocycles. The molecule has 3 heterocycles. The summed E-state index contributed by atoms with van der Waals surface area (Å²) in [6.07, 6.45) is 6.36. The standard InChI is InChI=1S/C22H25N5O2/c1-29-19-7-4-17(5-8-19)16-27-13-10-20(25-27)24-22(28)14-18-6-9-21(23-15-18)26-11-2-3-12-26/h4-10,13,15H,2-3,11-12,14,16H2,1H3,(H,24,25,28). The summed E-state index contributed by atoms with van der Waals surface area (Å²) in [7, 11) is 1.65. The van der Waals surface area contributed by atoms with E-state index in [1.54, 1.807) is 24.1 Å². The molecule has 0 atom stereocenters. The first-order chi connectivity index (χ1) is 14.2. The van der Waals surface area contributed by atoms with Crippen molar-refractivity contribution in [2.75, 3.05) is 30.4 Å². The number of pyridine rings is 1. The van der Waals surface area contributed by atoms with E-state index in [4.69, 9.17) is 4.74 Å². The Morgan fingerprint density at radius 2 is 1.83 bits per heavy atom. The summed E-state index contributed by atoms with van der Waals surface area (Å²) < 4.78 is 6.97. The van der Waals surface area contributed by atoms with Gasteiger partial charge in [0.05, 0.1) is 20.1 Å². The van der Waals surface area contributed by atoms with E-state index in [1.807, 2.05) is 42.6 Å². The molecule has 0 unspecified atom stereocenters. The van der Waals surface area contributed by atoms with E-state index in [0.29, 0.717) is 12.4 Å². The van der Waals surface area contributed by atoms with E-state index in [-0.39, 0.29) is 12.3 Å². The van der Waals surface area contributed by atoms with Crippen LogP contribution in [0.25, 0.3) is 0 Å². The van der Waals surface area contributed by atoms with Crippen LogP contribution in [0.15, 0.2) is 54.9 Å². The maximum absolute atomic E-state index is 12.3. The first kappa shape index (κ1) is 19.0. The minimum atomic E-state index is -0.101. The molecule has 1 fully saturated rings. The predicted octanol–water partition coefficient (Wildman–Crippen LogP) is 3.12. The molecule has 1 aromatic carbocycles. The van der Waals surface area contributed by atoms with Gasteiger partial charge in [0.25, 0.3) is 0 Å². The Kier molecular flexibility index (Phi) is 5.74. The van der Waals surface area contributed by atoms with Crippen LogP contribution in [0.2, 0.25) is 0 Å². The van der Waals surface area contributed by atoms with E-state index >= 15 is 0 Å². The minimum absolute atomic E-state index is 0.101. The van der Waals surface area contributed by atoms with Crippen LogP contribution < -0.4 is 15.0 Å². The van der Waals surface area contributed by atoms with Crippen LogP contribution in [0.4, 0.5) is 11.6 Å². The van der Waals surface area contributed by atoms with Crippen molar-refractivity contribution in [3.63, 3.8) is 0 Å². The number of rotatable bonds is 7. The number of methoxy groups -OCH3 is 1. The third kappa shape index (κ3) is 4.93. The molecular formula is C22H25N5O2. The molecule has 7 heteroatoms. The Labute approximate surface area is 170 Å². The average Bonchev–Trinajstić information content (AvgIpc) is 3.42. The maximum atomic E-state index is 12.3. The smallest absolute Gasteiger partial charge is 0.230 e. The summed E-state index contributed by atoms with van der Waals surface area (Å²) >= 11 is 0. The van der Waals surface area contributed by atoms with Crippen LogP contribution >= 0.6 is 0 Å². The molecule has 1 N–H and O–H groups in total. The van der Waals surface area contributed by atoms with E-state index in [2.05, 4.69) is 20.3 Å². The summed E-state index contributed by atoms with van der Waals surface area (Å²) in [6.45, 7) is 2.75. The maximum Gasteiger partial charge on any atom is 0.230 e. The van der Waals surface area contributed by atoms with Crippen molar-refractivity contribution in [3.05, 3.63) is 66.0 Å². The highest BCUT2D eigenvalue weighted by atomic mass is 16.5. The second-order valence-electron chi connectivity index (χ2n) is 7.19. The number of benzene rings is 1.